The van der Waals surface area contributed by atoms with Gasteiger partial charge in [-0.2, -0.15) is 0 Å². The van der Waals surface area contributed by atoms with Crippen molar-refractivity contribution in [3.8, 4) is 11.5 Å². The standard InChI is InChI=1S/C20H26N2O3.ClH/c1-5-25-19-13-9-7-11-16(19)20(23)21-14-17(22(2)3)15-10-6-8-12-18(15)24-4;/h6-13,17H,5,14H2,1-4H3,(H,21,23);1H. The molecule has 0 fully saturated rings. The van der Waals surface area contributed by atoms with Gasteiger partial charge in [0.05, 0.1) is 25.3 Å². The fourth-order valence-corrected chi connectivity index (χ4v) is 2.73. The summed E-state index contributed by atoms with van der Waals surface area (Å²) in [4.78, 5) is 14.7. The van der Waals surface area contributed by atoms with Crippen molar-refractivity contribution in [3.05, 3.63) is 59.7 Å². The smallest absolute Gasteiger partial charge is 0.255 e. The van der Waals surface area contributed by atoms with Crippen LogP contribution in [0.25, 0.3) is 0 Å². The molecule has 26 heavy (non-hydrogen) atoms. The van der Waals surface area contributed by atoms with Crippen molar-refractivity contribution in [2.24, 2.45) is 0 Å². The number of methoxy groups -OCH3 is 1. The van der Waals surface area contributed by atoms with Crippen molar-refractivity contribution >= 4 is 18.3 Å². The molecular weight excluding hydrogens is 352 g/mol. The Morgan fingerprint density at radius 1 is 1.08 bits per heavy atom. The van der Waals surface area contributed by atoms with E-state index in [1.54, 1.807) is 13.2 Å². The highest BCUT2D eigenvalue weighted by molar-refractivity contribution is 5.96. The monoisotopic (exact) mass is 378 g/mol. The van der Waals surface area contributed by atoms with Crippen LogP contribution < -0.4 is 14.8 Å². The maximum Gasteiger partial charge on any atom is 0.255 e. The largest absolute Gasteiger partial charge is 0.496 e. The summed E-state index contributed by atoms with van der Waals surface area (Å²) in [7, 11) is 5.62. The SMILES string of the molecule is CCOc1ccccc1C(=O)NCC(c1ccccc1OC)N(C)C.Cl. The van der Waals surface area contributed by atoms with Gasteiger partial charge >= 0.3 is 0 Å². The highest BCUT2D eigenvalue weighted by Crippen LogP contribution is 2.27. The Balaban J connectivity index is 0.00000338. The number of benzene rings is 2. The van der Waals surface area contributed by atoms with Crippen LogP contribution in [0.5, 0.6) is 11.5 Å². The van der Waals surface area contributed by atoms with Crippen LogP contribution in [-0.4, -0.2) is 45.2 Å². The van der Waals surface area contributed by atoms with Crippen LogP contribution in [-0.2, 0) is 0 Å². The van der Waals surface area contributed by atoms with Gasteiger partial charge in [0, 0.05) is 12.1 Å². The first-order valence-electron chi connectivity index (χ1n) is 8.37. The van der Waals surface area contributed by atoms with E-state index in [-0.39, 0.29) is 24.4 Å². The van der Waals surface area contributed by atoms with E-state index in [0.717, 1.165) is 11.3 Å². The third kappa shape index (κ3) is 5.38. The first kappa shape index (κ1) is 21.8. The number of rotatable bonds is 8. The van der Waals surface area contributed by atoms with Crippen LogP contribution in [0.1, 0.15) is 28.9 Å². The molecule has 1 unspecified atom stereocenters. The summed E-state index contributed by atoms with van der Waals surface area (Å²) >= 11 is 0. The van der Waals surface area contributed by atoms with Gasteiger partial charge in [0.25, 0.3) is 5.91 Å². The minimum absolute atomic E-state index is 0. The zero-order chi connectivity index (χ0) is 18.2. The van der Waals surface area contributed by atoms with Crippen LogP contribution in [0.3, 0.4) is 0 Å². The molecular formula is C20H27ClN2O3. The van der Waals surface area contributed by atoms with Crippen LogP contribution in [0.2, 0.25) is 0 Å². The van der Waals surface area contributed by atoms with Crippen molar-refractivity contribution in [1.29, 1.82) is 0 Å². The van der Waals surface area contributed by atoms with Gasteiger partial charge in [-0.15, -0.1) is 12.4 Å². The van der Waals surface area contributed by atoms with E-state index in [4.69, 9.17) is 9.47 Å². The van der Waals surface area contributed by atoms with Gasteiger partial charge < -0.3 is 19.7 Å². The number of carbonyl (C=O) groups is 1. The number of likely N-dealkylation sites (N-methyl/N-ethyl adjacent to an activating group) is 1. The average molecular weight is 379 g/mol. The van der Waals surface area contributed by atoms with E-state index in [1.165, 1.54) is 0 Å². The minimum atomic E-state index is -0.147. The van der Waals surface area contributed by atoms with Crippen molar-refractivity contribution in [2.45, 2.75) is 13.0 Å². The van der Waals surface area contributed by atoms with Crippen LogP contribution in [0.4, 0.5) is 0 Å². The molecule has 0 spiro atoms. The molecule has 0 radical (unpaired) electrons. The lowest BCUT2D eigenvalue weighted by Crippen LogP contribution is -2.35. The average Bonchev–Trinajstić information content (AvgIpc) is 2.62. The number of nitrogens with one attached hydrogen (secondary N) is 1. The van der Waals surface area contributed by atoms with Gasteiger partial charge in [-0.05, 0) is 39.2 Å². The molecule has 1 amide bonds. The molecule has 0 aliphatic rings. The number of para-hydroxylation sites is 2. The zero-order valence-corrected chi connectivity index (χ0v) is 16.5. The second kappa shape index (κ2) is 10.7. The number of amides is 1. The molecule has 2 aromatic rings. The molecule has 5 nitrogen and oxygen atoms in total. The number of hydrogen-bond donors (Lipinski definition) is 1. The van der Waals surface area contributed by atoms with Crippen molar-refractivity contribution in [3.63, 3.8) is 0 Å². The Hall–Kier alpha value is -2.24. The van der Waals surface area contributed by atoms with Gasteiger partial charge in [-0.25, -0.2) is 0 Å². The predicted octanol–water partition coefficient (Wildman–Crippen LogP) is 3.55. The second-order valence-electron chi connectivity index (χ2n) is 5.86. The Kier molecular flexibility index (Phi) is 8.96. The maximum atomic E-state index is 12.6. The van der Waals surface area contributed by atoms with E-state index in [1.807, 2.05) is 63.5 Å². The second-order valence-corrected chi connectivity index (χ2v) is 5.86. The summed E-state index contributed by atoms with van der Waals surface area (Å²) in [6.07, 6.45) is 0. The Labute approximate surface area is 161 Å². The maximum absolute atomic E-state index is 12.6. The molecule has 0 saturated heterocycles. The summed E-state index contributed by atoms with van der Waals surface area (Å²) < 4.78 is 11.0. The number of nitrogens with zero attached hydrogens (tertiary/aromatic N) is 1. The minimum Gasteiger partial charge on any atom is -0.496 e. The third-order valence-corrected chi connectivity index (χ3v) is 4.01. The van der Waals surface area contributed by atoms with Crippen molar-refractivity contribution in [1.82, 2.24) is 10.2 Å². The quantitative estimate of drug-likeness (QED) is 0.763. The topological polar surface area (TPSA) is 50.8 Å². The molecule has 0 aliphatic heterocycles. The van der Waals surface area contributed by atoms with Gasteiger partial charge in [0.15, 0.2) is 0 Å². The van der Waals surface area contributed by atoms with E-state index < -0.39 is 0 Å². The predicted molar refractivity (Wildman–Crippen MR) is 107 cm³/mol. The van der Waals surface area contributed by atoms with Crippen molar-refractivity contribution in [2.75, 3.05) is 34.4 Å². The molecule has 142 valence electrons. The molecule has 6 heteroatoms. The van der Waals surface area contributed by atoms with Crippen LogP contribution in [0.15, 0.2) is 48.5 Å². The van der Waals surface area contributed by atoms with Crippen molar-refractivity contribution < 1.29 is 14.3 Å². The van der Waals surface area contributed by atoms with Gasteiger partial charge in [0.1, 0.15) is 11.5 Å². The fourth-order valence-electron chi connectivity index (χ4n) is 2.73. The summed E-state index contributed by atoms with van der Waals surface area (Å²) in [6.45, 7) is 2.89. The molecule has 1 atom stereocenters. The first-order valence-corrected chi connectivity index (χ1v) is 8.37. The summed E-state index contributed by atoms with van der Waals surface area (Å²) in [5, 5.41) is 3.01. The molecule has 0 aromatic heterocycles. The lowest BCUT2D eigenvalue weighted by atomic mass is 10.0. The van der Waals surface area contributed by atoms with Gasteiger partial charge in [0.2, 0.25) is 0 Å². The van der Waals surface area contributed by atoms with E-state index in [0.29, 0.717) is 24.5 Å². The fraction of sp³-hybridized carbons (Fsp3) is 0.350. The third-order valence-electron chi connectivity index (χ3n) is 4.01. The Bertz CT molecular complexity index is 707. The Morgan fingerprint density at radius 2 is 1.69 bits per heavy atom. The Morgan fingerprint density at radius 3 is 2.31 bits per heavy atom. The van der Waals surface area contributed by atoms with Gasteiger partial charge in [-0.3, -0.25) is 4.79 Å². The summed E-state index contributed by atoms with van der Waals surface area (Å²) in [5.41, 5.74) is 1.58. The normalized spacial score (nSPS) is 11.4. The molecule has 0 bridgehead atoms. The van der Waals surface area contributed by atoms with Crippen LogP contribution in [0, 0.1) is 0 Å². The van der Waals surface area contributed by atoms with Gasteiger partial charge in [-0.1, -0.05) is 30.3 Å². The molecule has 1 N–H and O–H groups in total. The van der Waals surface area contributed by atoms with E-state index in [9.17, 15) is 4.79 Å². The zero-order valence-electron chi connectivity index (χ0n) is 15.7. The molecule has 0 heterocycles. The van der Waals surface area contributed by atoms with Crippen LogP contribution >= 0.6 is 12.4 Å². The molecule has 2 rings (SSSR count). The first-order chi connectivity index (χ1) is 12.1. The lowest BCUT2D eigenvalue weighted by molar-refractivity contribution is 0.0937. The molecule has 2 aromatic carbocycles. The number of hydrogen-bond acceptors (Lipinski definition) is 4. The summed E-state index contributed by atoms with van der Waals surface area (Å²) in [6, 6.07) is 15.1. The highest BCUT2D eigenvalue weighted by Gasteiger charge is 2.20. The number of halogens is 1. The molecule has 0 saturated carbocycles. The molecule has 0 aliphatic carbocycles. The number of carbonyl (C=O) groups excluding carboxylic acids is 1. The lowest BCUT2D eigenvalue weighted by Gasteiger charge is -2.26. The number of ether oxygens (including phenoxy) is 2. The van der Waals surface area contributed by atoms with E-state index >= 15 is 0 Å². The highest BCUT2D eigenvalue weighted by atomic mass is 35.5. The summed E-state index contributed by atoms with van der Waals surface area (Å²) in [5.74, 6) is 1.26. The van der Waals surface area contributed by atoms with E-state index in [2.05, 4.69) is 10.2 Å².